The van der Waals surface area contributed by atoms with Crippen LogP contribution >= 0.6 is 12.2 Å². The molecule has 3 nitrogen and oxygen atoms in total. The first kappa shape index (κ1) is 19.7. The summed E-state index contributed by atoms with van der Waals surface area (Å²) in [5.74, 6) is 0.682. The maximum Gasteiger partial charge on any atom is 0.173 e. The van der Waals surface area contributed by atoms with E-state index in [1.807, 2.05) is 0 Å². The number of nitriles is 1. The first-order valence-corrected chi connectivity index (χ1v) is 9.65. The smallest absolute Gasteiger partial charge is 0.173 e. The van der Waals surface area contributed by atoms with Crippen LogP contribution in [0.15, 0.2) is 18.2 Å². The molecule has 0 spiro atoms. The van der Waals surface area contributed by atoms with Crippen molar-refractivity contribution in [2.24, 2.45) is 11.3 Å². The lowest BCUT2D eigenvalue weighted by Gasteiger charge is -2.44. The third-order valence-electron chi connectivity index (χ3n) is 5.24. The van der Waals surface area contributed by atoms with Crippen LogP contribution in [0.1, 0.15) is 57.6 Å². The van der Waals surface area contributed by atoms with Gasteiger partial charge in [-0.2, -0.15) is 5.26 Å². The Morgan fingerprint density at radius 1 is 1.32 bits per heavy atom. The van der Waals surface area contributed by atoms with Crippen molar-refractivity contribution >= 4 is 23.0 Å². The average molecular weight is 358 g/mol. The van der Waals surface area contributed by atoms with Gasteiger partial charge in [0.15, 0.2) is 5.11 Å². The van der Waals surface area contributed by atoms with Crippen molar-refractivity contribution in [3.05, 3.63) is 29.3 Å². The van der Waals surface area contributed by atoms with E-state index in [0.29, 0.717) is 30.3 Å². The van der Waals surface area contributed by atoms with Crippen LogP contribution in [0.2, 0.25) is 0 Å². The molecule has 1 fully saturated rings. The Kier molecular flexibility index (Phi) is 6.46. The molecule has 0 radical (unpaired) electrons. The SMILES string of the molecule is Cc1cccc(C)c1NC(=S)N(CCC#N)[C@H]1C[C@H](C)CC(C)(C)C1. The van der Waals surface area contributed by atoms with Crippen LogP contribution in [-0.4, -0.2) is 22.6 Å². The summed E-state index contributed by atoms with van der Waals surface area (Å²) in [7, 11) is 0. The number of nitrogens with one attached hydrogen (secondary N) is 1. The summed E-state index contributed by atoms with van der Waals surface area (Å²) in [5, 5.41) is 13.3. The second-order valence-electron chi connectivity index (χ2n) is 8.37. The Bertz CT molecular complexity index is 639. The zero-order valence-electron chi connectivity index (χ0n) is 16.2. The number of hydrogen-bond acceptors (Lipinski definition) is 2. The van der Waals surface area contributed by atoms with E-state index in [-0.39, 0.29) is 0 Å². The number of thiocarbonyl (C=S) groups is 1. The van der Waals surface area contributed by atoms with Crippen molar-refractivity contribution in [1.82, 2.24) is 4.90 Å². The Balaban J connectivity index is 2.21. The molecule has 0 heterocycles. The standard InChI is InChI=1S/C21H31N3S/c1-15-12-18(14-21(4,5)13-15)24(11-7-10-22)20(25)23-19-16(2)8-6-9-17(19)3/h6,8-9,15,18H,7,11-14H2,1-5H3,(H,23,25)/t15-,18-/m0/s1. The minimum atomic E-state index is 0.321. The molecule has 4 heteroatoms. The van der Waals surface area contributed by atoms with Crippen LogP contribution in [0.4, 0.5) is 5.69 Å². The zero-order valence-corrected chi connectivity index (χ0v) is 17.0. The molecule has 0 aliphatic heterocycles. The fraction of sp³-hybridized carbons (Fsp3) is 0.619. The molecule has 25 heavy (non-hydrogen) atoms. The molecular formula is C21H31N3S. The highest BCUT2D eigenvalue weighted by Crippen LogP contribution is 2.40. The van der Waals surface area contributed by atoms with E-state index in [9.17, 15) is 0 Å². The van der Waals surface area contributed by atoms with Gasteiger partial charge in [-0.15, -0.1) is 0 Å². The van der Waals surface area contributed by atoms with E-state index in [0.717, 1.165) is 23.6 Å². The topological polar surface area (TPSA) is 39.1 Å². The van der Waals surface area contributed by atoms with Crippen molar-refractivity contribution in [2.75, 3.05) is 11.9 Å². The first-order chi connectivity index (χ1) is 11.7. The van der Waals surface area contributed by atoms with Gasteiger partial charge in [0.1, 0.15) is 0 Å². The van der Waals surface area contributed by atoms with Gasteiger partial charge in [0.05, 0.1) is 12.5 Å². The first-order valence-electron chi connectivity index (χ1n) is 9.24. The van der Waals surface area contributed by atoms with E-state index in [4.69, 9.17) is 17.5 Å². The summed E-state index contributed by atoms with van der Waals surface area (Å²) in [6.45, 7) is 11.9. The average Bonchev–Trinajstić information content (AvgIpc) is 2.49. The van der Waals surface area contributed by atoms with Crippen LogP contribution in [0.3, 0.4) is 0 Å². The summed E-state index contributed by atoms with van der Waals surface area (Å²) in [5.41, 5.74) is 3.80. The Morgan fingerprint density at radius 3 is 2.52 bits per heavy atom. The molecule has 0 saturated heterocycles. The van der Waals surface area contributed by atoms with E-state index in [1.165, 1.54) is 17.5 Å². The third-order valence-corrected chi connectivity index (χ3v) is 5.58. The molecule has 0 bridgehead atoms. The van der Waals surface area contributed by atoms with E-state index in [2.05, 4.69) is 69.1 Å². The summed E-state index contributed by atoms with van der Waals surface area (Å²) in [6.07, 6.45) is 4.02. The van der Waals surface area contributed by atoms with Gasteiger partial charge in [-0.1, -0.05) is 39.0 Å². The molecular weight excluding hydrogens is 326 g/mol. The predicted molar refractivity (Wildman–Crippen MR) is 110 cm³/mol. The summed E-state index contributed by atoms with van der Waals surface area (Å²) in [6, 6.07) is 8.95. The van der Waals surface area contributed by atoms with Gasteiger partial charge in [0, 0.05) is 18.3 Å². The lowest BCUT2D eigenvalue weighted by Crippen LogP contribution is -2.48. The Labute approximate surface area is 158 Å². The molecule has 2 atom stereocenters. The number of anilines is 1. The highest BCUT2D eigenvalue weighted by molar-refractivity contribution is 7.80. The van der Waals surface area contributed by atoms with Gasteiger partial charge >= 0.3 is 0 Å². The van der Waals surface area contributed by atoms with Crippen LogP contribution in [0, 0.1) is 36.5 Å². The van der Waals surface area contributed by atoms with Crippen LogP contribution in [0.5, 0.6) is 0 Å². The van der Waals surface area contributed by atoms with E-state index < -0.39 is 0 Å². The molecule has 0 aromatic heterocycles. The van der Waals surface area contributed by atoms with Crippen molar-refractivity contribution in [2.45, 2.75) is 66.3 Å². The lowest BCUT2D eigenvalue weighted by atomic mass is 9.70. The third kappa shape index (κ3) is 5.19. The lowest BCUT2D eigenvalue weighted by molar-refractivity contribution is 0.108. The zero-order chi connectivity index (χ0) is 18.6. The number of aryl methyl sites for hydroxylation is 2. The molecule has 1 N–H and O–H groups in total. The maximum absolute atomic E-state index is 9.09. The minimum absolute atomic E-state index is 0.321. The van der Waals surface area contributed by atoms with Crippen LogP contribution in [-0.2, 0) is 0 Å². The molecule has 1 aromatic carbocycles. The molecule has 0 amide bonds. The highest BCUT2D eigenvalue weighted by atomic mass is 32.1. The fourth-order valence-electron chi connectivity index (χ4n) is 4.34. The molecule has 1 saturated carbocycles. The van der Waals surface area contributed by atoms with Crippen molar-refractivity contribution in [3.8, 4) is 6.07 Å². The highest BCUT2D eigenvalue weighted by Gasteiger charge is 2.35. The van der Waals surface area contributed by atoms with Crippen molar-refractivity contribution in [1.29, 1.82) is 5.26 Å². The van der Waals surface area contributed by atoms with Crippen molar-refractivity contribution < 1.29 is 0 Å². The van der Waals surface area contributed by atoms with E-state index in [1.54, 1.807) is 0 Å². The summed E-state index contributed by atoms with van der Waals surface area (Å²) >= 11 is 5.79. The monoisotopic (exact) mass is 357 g/mol. The number of benzene rings is 1. The molecule has 136 valence electrons. The molecule has 1 aliphatic carbocycles. The normalized spacial score (nSPS) is 22.1. The predicted octanol–water partition coefficient (Wildman–Crippen LogP) is 5.43. The second kappa shape index (κ2) is 8.19. The maximum atomic E-state index is 9.09. The van der Waals surface area contributed by atoms with Gasteiger partial charge in [0.25, 0.3) is 0 Å². The Morgan fingerprint density at radius 2 is 1.96 bits per heavy atom. The number of nitrogens with zero attached hydrogens (tertiary/aromatic N) is 2. The van der Waals surface area contributed by atoms with E-state index >= 15 is 0 Å². The summed E-state index contributed by atoms with van der Waals surface area (Å²) in [4.78, 5) is 2.27. The quantitative estimate of drug-likeness (QED) is 0.729. The molecule has 1 aromatic rings. The molecule has 2 rings (SSSR count). The number of hydrogen-bond donors (Lipinski definition) is 1. The Hall–Kier alpha value is -1.60. The molecule has 1 aliphatic rings. The van der Waals surface area contributed by atoms with Crippen molar-refractivity contribution in [3.63, 3.8) is 0 Å². The van der Waals surface area contributed by atoms with Gasteiger partial charge in [-0.3, -0.25) is 0 Å². The fourth-order valence-corrected chi connectivity index (χ4v) is 4.69. The largest absolute Gasteiger partial charge is 0.345 e. The molecule has 0 unspecified atom stereocenters. The van der Waals surface area contributed by atoms with Gasteiger partial charge in [-0.05, 0) is 67.8 Å². The van der Waals surface area contributed by atoms with Crippen LogP contribution in [0.25, 0.3) is 0 Å². The minimum Gasteiger partial charge on any atom is -0.345 e. The number of rotatable bonds is 4. The summed E-state index contributed by atoms with van der Waals surface area (Å²) < 4.78 is 0. The van der Waals surface area contributed by atoms with Gasteiger partial charge < -0.3 is 10.2 Å². The second-order valence-corrected chi connectivity index (χ2v) is 8.75. The van der Waals surface area contributed by atoms with Gasteiger partial charge in [0.2, 0.25) is 0 Å². The van der Waals surface area contributed by atoms with Crippen LogP contribution < -0.4 is 5.32 Å². The van der Waals surface area contributed by atoms with Gasteiger partial charge in [-0.25, -0.2) is 0 Å². The number of para-hydroxylation sites is 1.